The lowest BCUT2D eigenvalue weighted by atomic mass is 10.2. The molecule has 0 unspecified atom stereocenters. The number of hydrogen-bond acceptors (Lipinski definition) is 2. The lowest BCUT2D eigenvalue weighted by Crippen LogP contribution is -2.09. The van der Waals surface area contributed by atoms with Gasteiger partial charge in [0.1, 0.15) is 12.3 Å². The number of rotatable bonds is 3. The summed E-state index contributed by atoms with van der Waals surface area (Å²) in [6.07, 6.45) is 1.80. The molecule has 0 fully saturated rings. The lowest BCUT2D eigenvalue weighted by Gasteiger charge is -2.06. The fourth-order valence-electron chi connectivity index (χ4n) is 1.51. The first-order chi connectivity index (χ1) is 8.18. The highest BCUT2D eigenvalue weighted by Gasteiger charge is 2.10. The Kier molecular flexibility index (Phi) is 3.49. The summed E-state index contributed by atoms with van der Waals surface area (Å²) in [7, 11) is 1.80. The molecule has 4 heteroatoms. The molecular weight excluding hydrogens is 238 g/mol. The molecule has 1 aromatic heterocycles. The topological polar surface area (TPSA) is 31.2 Å². The maximum absolute atomic E-state index is 11.7. The number of aromatic nitrogens is 1. The molecule has 1 heterocycles. The van der Waals surface area contributed by atoms with Crippen LogP contribution in [0.5, 0.6) is 0 Å². The number of benzene rings is 1. The van der Waals surface area contributed by atoms with E-state index in [9.17, 15) is 4.79 Å². The van der Waals surface area contributed by atoms with E-state index in [1.807, 2.05) is 18.2 Å². The monoisotopic (exact) mass is 249 g/mol. The van der Waals surface area contributed by atoms with Crippen molar-refractivity contribution in [3.8, 4) is 0 Å². The van der Waals surface area contributed by atoms with E-state index in [2.05, 4.69) is 0 Å². The molecule has 0 amide bonds. The highest BCUT2D eigenvalue weighted by molar-refractivity contribution is 6.31. The minimum Gasteiger partial charge on any atom is -0.456 e. The maximum Gasteiger partial charge on any atom is 0.355 e. The van der Waals surface area contributed by atoms with Gasteiger partial charge in [-0.05, 0) is 18.2 Å². The van der Waals surface area contributed by atoms with E-state index >= 15 is 0 Å². The van der Waals surface area contributed by atoms with Crippen molar-refractivity contribution in [2.75, 3.05) is 0 Å². The van der Waals surface area contributed by atoms with E-state index in [-0.39, 0.29) is 12.6 Å². The summed E-state index contributed by atoms with van der Waals surface area (Å²) in [6.45, 7) is 0.184. The summed E-state index contributed by atoms with van der Waals surface area (Å²) in [5.74, 6) is -0.350. The van der Waals surface area contributed by atoms with Crippen molar-refractivity contribution in [2.45, 2.75) is 6.61 Å². The Morgan fingerprint density at radius 1 is 1.29 bits per heavy atom. The Balaban J connectivity index is 2.02. The predicted octanol–water partition coefficient (Wildman–Crippen LogP) is 3.04. The van der Waals surface area contributed by atoms with Crippen LogP contribution in [0.3, 0.4) is 0 Å². The summed E-state index contributed by atoms with van der Waals surface area (Å²) in [5.41, 5.74) is 1.33. The van der Waals surface area contributed by atoms with E-state index < -0.39 is 0 Å². The fourth-order valence-corrected chi connectivity index (χ4v) is 1.70. The second-order valence-electron chi connectivity index (χ2n) is 3.67. The van der Waals surface area contributed by atoms with Gasteiger partial charge < -0.3 is 9.30 Å². The number of hydrogen-bond donors (Lipinski definition) is 0. The molecule has 0 bridgehead atoms. The first-order valence-electron chi connectivity index (χ1n) is 5.20. The van der Waals surface area contributed by atoms with Gasteiger partial charge in [0.2, 0.25) is 0 Å². The quantitative estimate of drug-likeness (QED) is 0.783. The van der Waals surface area contributed by atoms with Crippen LogP contribution in [0.25, 0.3) is 0 Å². The van der Waals surface area contributed by atoms with Crippen LogP contribution in [0.15, 0.2) is 42.6 Å². The van der Waals surface area contributed by atoms with Gasteiger partial charge in [-0.1, -0.05) is 29.8 Å². The van der Waals surface area contributed by atoms with Gasteiger partial charge in [0.05, 0.1) is 0 Å². The SMILES string of the molecule is Cn1cccc1C(=O)OCc1ccccc1Cl. The van der Waals surface area contributed by atoms with Gasteiger partial charge in [-0.3, -0.25) is 0 Å². The van der Waals surface area contributed by atoms with Crippen LogP contribution in [0, 0.1) is 0 Å². The van der Waals surface area contributed by atoms with Crippen molar-refractivity contribution < 1.29 is 9.53 Å². The number of nitrogens with zero attached hydrogens (tertiary/aromatic N) is 1. The molecule has 0 saturated carbocycles. The molecule has 2 rings (SSSR count). The number of ether oxygens (including phenoxy) is 1. The zero-order valence-corrected chi connectivity index (χ0v) is 10.1. The Morgan fingerprint density at radius 2 is 2.06 bits per heavy atom. The third-order valence-electron chi connectivity index (χ3n) is 2.47. The smallest absolute Gasteiger partial charge is 0.355 e. The van der Waals surface area contributed by atoms with E-state index in [0.29, 0.717) is 10.7 Å². The minimum absolute atomic E-state index is 0.184. The van der Waals surface area contributed by atoms with Crippen LogP contribution in [-0.2, 0) is 18.4 Å². The van der Waals surface area contributed by atoms with E-state index in [1.54, 1.807) is 36.0 Å². The van der Waals surface area contributed by atoms with Crippen LogP contribution < -0.4 is 0 Å². The molecule has 1 aromatic carbocycles. The molecule has 0 saturated heterocycles. The van der Waals surface area contributed by atoms with Crippen LogP contribution in [-0.4, -0.2) is 10.5 Å². The number of carbonyl (C=O) groups is 1. The van der Waals surface area contributed by atoms with Crippen molar-refractivity contribution >= 4 is 17.6 Å². The average Bonchev–Trinajstić information content (AvgIpc) is 2.74. The highest BCUT2D eigenvalue weighted by atomic mass is 35.5. The second-order valence-corrected chi connectivity index (χ2v) is 4.08. The molecular formula is C13H12ClNO2. The van der Waals surface area contributed by atoms with Gasteiger partial charge in [-0.2, -0.15) is 0 Å². The van der Waals surface area contributed by atoms with Crippen LogP contribution in [0.1, 0.15) is 16.1 Å². The summed E-state index contributed by atoms with van der Waals surface area (Å²) in [4.78, 5) is 11.7. The average molecular weight is 250 g/mol. The minimum atomic E-state index is -0.350. The Bertz CT molecular complexity index is 534. The number of esters is 1. The molecule has 2 aromatic rings. The van der Waals surface area contributed by atoms with Crippen LogP contribution in [0.2, 0.25) is 5.02 Å². The van der Waals surface area contributed by atoms with Crippen molar-refractivity contribution in [1.82, 2.24) is 4.57 Å². The molecule has 0 aliphatic heterocycles. The zero-order chi connectivity index (χ0) is 12.3. The van der Waals surface area contributed by atoms with Crippen LogP contribution >= 0.6 is 11.6 Å². The van der Waals surface area contributed by atoms with Crippen molar-refractivity contribution in [3.05, 3.63) is 58.9 Å². The molecule has 3 nitrogen and oxygen atoms in total. The second kappa shape index (κ2) is 5.06. The van der Waals surface area contributed by atoms with Crippen molar-refractivity contribution in [1.29, 1.82) is 0 Å². The maximum atomic E-state index is 11.7. The van der Waals surface area contributed by atoms with Gasteiger partial charge in [-0.25, -0.2) is 4.79 Å². The molecule has 0 aliphatic rings. The zero-order valence-electron chi connectivity index (χ0n) is 9.39. The van der Waals surface area contributed by atoms with Gasteiger partial charge in [-0.15, -0.1) is 0 Å². The fraction of sp³-hybridized carbons (Fsp3) is 0.154. The Hall–Kier alpha value is -1.74. The van der Waals surface area contributed by atoms with Gasteiger partial charge in [0, 0.05) is 23.8 Å². The molecule has 0 spiro atoms. The third kappa shape index (κ3) is 2.68. The first kappa shape index (κ1) is 11.7. The summed E-state index contributed by atoms with van der Waals surface area (Å²) in [5, 5.41) is 0.604. The molecule has 17 heavy (non-hydrogen) atoms. The largest absolute Gasteiger partial charge is 0.456 e. The standard InChI is InChI=1S/C13H12ClNO2/c1-15-8-4-7-12(15)13(16)17-9-10-5-2-3-6-11(10)14/h2-8H,9H2,1H3. The molecule has 0 N–H and O–H groups in total. The summed E-state index contributed by atoms with van der Waals surface area (Å²) < 4.78 is 6.91. The summed E-state index contributed by atoms with van der Waals surface area (Å²) >= 11 is 5.97. The van der Waals surface area contributed by atoms with Crippen LogP contribution in [0.4, 0.5) is 0 Å². The van der Waals surface area contributed by atoms with Crippen molar-refractivity contribution in [2.24, 2.45) is 7.05 Å². The van der Waals surface area contributed by atoms with E-state index in [1.165, 1.54) is 0 Å². The van der Waals surface area contributed by atoms with E-state index in [4.69, 9.17) is 16.3 Å². The molecule has 0 aliphatic carbocycles. The molecule has 0 atom stereocenters. The molecule has 88 valence electrons. The number of carbonyl (C=O) groups excluding carboxylic acids is 1. The van der Waals surface area contributed by atoms with Crippen molar-refractivity contribution in [3.63, 3.8) is 0 Å². The summed E-state index contributed by atoms with van der Waals surface area (Å²) in [6, 6.07) is 10.8. The Morgan fingerprint density at radius 3 is 2.71 bits per heavy atom. The molecule has 0 radical (unpaired) electrons. The van der Waals surface area contributed by atoms with E-state index in [0.717, 1.165) is 5.56 Å². The first-order valence-corrected chi connectivity index (χ1v) is 5.58. The van der Waals surface area contributed by atoms with Gasteiger partial charge in [0.15, 0.2) is 0 Å². The number of aryl methyl sites for hydroxylation is 1. The number of halogens is 1. The lowest BCUT2D eigenvalue weighted by molar-refractivity contribution is 0.0461. The van der Waals surface area contributed by atoms with Gasteiger partial charge >= 0.3 is 5.97 Å². The normalized spacial score (nSPS) is 10.2. The Labute approximate surface area is 105 Å². The van der Waals surface area contributed by atoms with Gasteiger partial charge in [0.25, 0.3) is 0 Å². The highest BCUT2D eigenvalue weighted by Crippen LogP contribution is 2.16. The third-order valence-corrected chi connectivity index (χ3v) is 2.84. The predicted molar refractivity (Wildman–Crippen MR) is 66.0 cm³/mol.